The van der Waals surface area contributed by atoms with Crippen LogP contribution in [0.5, 0.6) is 0 Å². The maximum Gasteiger partial charge on any atom is 0.0936 e. The second-order valence-electron chi connectivity index (χ2n) is 2.20. The van der Waals surface area contributed by atoms with Crippen molar-refractivity contribution >= 4 is 34.5 Å². The monoisotopic (exact) mass is 218 g/mol. The first-order valence-electron chi connectivity index (χ1n) is 3.22. The van der Waals surface area contributed by atoms with Crippen LogP contribution in [-0.4, -0.2) is 10.2 Å². The lowest BCUT2D eigenvalue weighted by Gasteiger charge is -1.89. The number of hydrogen-bond acceptors (Lipinski definition) is 2. The number of H-pyrrole nitrogens is 1. The molecular formula is C7H4Cl2N2S. The third-order valence-corrected chi connectivity index (χ3v) is 2.95. The van der Waals surface area contributed by atoms with Gasteiger partial charge < -0.3 is 0 Å². The van der Waals surface area contributed by atoms with Gasteiger partial charge in [0, 0.05) is 0 Å². The third kappa shape index (κ3) is 1.35. The van der Waals surface area contributed by atoms with Gasteiger partial charge in [-0.2, -0.15) is 5.10 Å². The van der Waals surface area contributed by atoms with Gasteiger partial charge in [0.05, 0.1) is 26.1 Å². The van der Waals surface area contributed by atoms with Crippen LogP contribution < -0.4 is 0 Å². The first kappa shape index (κ1) is 8.10. The quantitative estimate of drug-likeness (QED) is 0.781. The molecule has 0 atom stereocenters. The van der Waals surface area contributed by atoms with Crippen LogP contribution in [-0.2, 0) is 0 Å². The molecule has 0 unspecified atom stereocenters. The van der Waals surface area contributed by atoms with Gasteiger partial charge in [-0.15, -0.1) is 11.3 Å². The molecule has 0 saturated carbocycles. The van der Waals surface area contributed by atoms with E-state index in [9.17, 15) is 0 Å². The van der Waals surface area contributed by atoms with Crippen LogP contribution in [0, 0.1) is 0 Å². The van der Waals surface area contributed by atoms with Gasteiger partial charge >= 0.3 is 0 Å². The van der Waals surface area contributed by atoms with E-state index in [2.05, 4.69) is 10.2 Å². The van der Waals surface area contributed by atoms with E-state index in [1.165, 1.54) is 11.3 Å². The van der Waals surface area contributed by atoms with Gasteiger partial charge in [0.25, 0.3) is 0 Å². The highest BCUT2D eigenvalue weighted by atomic mass is 35.5. The van der Waals surface area contributed by atoms with Crippen LogP contribution in [0.4, 0.5) is 0 Å². The molecule has 1 N–H and O–H groups in total. The van der Waals surface area contributed by atoms with E-state index in [0.717, 1.165) is 14.9 Å². The molecule has 0 bridgehead atoms. The lowest BCUT2D eigenvalue weighted by molar-refractivity contribution is 1.10. The molecule has 0 fully saturated rings. The number of rotatable bonds is 1. The van der Waals surface area contributed by atoms with Crippen LogP contribution in [0.3, 0.4) is 0 Å². The van der Waals surface area contributed by atoms with Crippen LogP contribution >= 0.6 is 34.5 Å². The Hall–Kier alpha value is -0.510. The summed E-state index contributed by atoms with van der Waals surface area (Å²) >= 11 is 13.1. The highest BCUT2D eigenvalue weighted by Gasteiger charge is 2.07. The van der Waals surface area contributed by atoms with Crippen LogP contribution in [0.2, 0.25) is 9.36 Å². The Kier molecular flexibility index (Phi) is 2.09. The zero-order valence-electron chi connectivity index (χ0n) is 5.84. The number of halogens is 2. The van der Waals surface area contributed by atoms with Gasteiger partial charge in [-0.3, -0.25) is 5.10 Å². The Morgan fingerprint density at radius 2 is 2.17 bits per heavy atom. The summed E-state index contributed by atoms with van der Waals surface area (Å²) in [5, 5.41) is 7.24. The summed E-state index contributed by atoms with van der Waals surface area (Å²) in [6.07, 6.45) is 1.57. The molecule has 2 aromatic rings. The van der Waals surface area contributed by atoms with E-state index >= 15 is 0 Å². The molecule has 2 rings (SSSR count). The van der Waals surface area contributed by atoms with Gasteiger partial charge in [0.2, 0.25) is 0 Å². The van der Waals surface area contributed by atoms with Crippen LogP contribution in [0.25, 0.3) is 10.6 Å². The normalized spacial score (nSPS) is 10.5. The molecule has 0 amide bonds. The number of nitrogens with zero attached hydrogens (tertiary/aromatic N) is 1. The fourth-order valence-corrected chi connectivity index (χ4v) is 2.19. The molecule has 0 aromatic carbocycles. The van der Waals surface area contributed by atoms with Gasteiger partial charge in [-0.25, -0.2) is 0 Å². The second-order valence-corrected chi connectivity index (χ2v) is 4.32. The Labute approximate surface area is 83.1 Å². The summed E-state index contributed by atoms with van der Waals surface area (Å²) in [5.41, 5.74) is 0.827. The SMILES string of the molecule is Clc1ccc(-c2[nH]ncc2Cl)s1. The van der Waals surface area contributed by atoms with Gasteiger partial charge in [0.1, 0.15) is 0 Å². The van der Waals surface area contributed by atoms with Crippen molar-refractivity contribution in [3.05, 3.63) is 27.7 Å². The van der Waals surface area contributed by atoms with Crippen LogP contribution in [0.15, 0.2) is 18.3 Å². The Balaban J connectivity index is 2.50. The largest absolute Gasteiger partial charge is 0.275 e. The van der Waals surface area contributed by atoms with Gasteiger partial charge in [-0.05, 0) is 12.1 Å². The minimum absolute atomic E-state index is 0.619. The number of hydrogen-bond donors (Lipinski definition) is 1. The highest BCUT2D eigenvalue weighted by molar-refractivity contribution is 7.19. The van der Waals surface area contributed by atoms with E-state index in [1.54, 1.807) is 6.20 Å². The molecule has 2 heterocycles. The lowest BCUT2D eigenvalue weighted by atomic mass is 10.3. The summed E-state index contributed by atoms with van der Waals surface area (Å²) in [6.45, 7) is 0. The smallest absolute Gasteiger partial charge is 0.0936 e. The maximum atomic E-state index is 5.85. The molecule has 2 nitrogen and oxygen atoms in total. The standard InChI is InChI=1S/C7H4Cl2N2S/c8-4-3-10-11-7(4)5-1-2-6(9)12-5/h1-3H,(H,10,11). The number of nitrogens with one attached hydrogen (secondary N) is 1. The molecule has 5 heteroatoms. The Morgan fingerprint density at radius 1 is 1.33 bits per heavy atom. The van der Waals surface area contributed by atoms with Crippen molar-refractivity contribution in [2.24, 2.45) is 0 Å². The summed E-state index contributed by atoms with van der Waals surface area (Å²) in [7, 11) is 0. The molecule has 0 aliphatic rings. The first-order chi connectivity index (χ1) is 5.77. The van der Waals surface area contributed by atoms with E-state index in [4.69, 9.17) is 23.2 Å². The number of thiophene rings is 1. The minimum atomic E-state index is 0.619. The second kappa shape index (κ2) is 3.09. The third-order valence-electron chi connectivity index (χ3n) is 1.41. The molecule has 0 saturated heterocycles. The fraction of sp³-hybridized carbons (Fsp3) is 0. The van der Waals surface area contributed by atoms with E-state index in [1.807, 2.05) is 12.1 Å². The lowest BCUT2D eigenvalue weighted by Crippen LogP contribution is -1.71. The van der Waals surface area contributed by atoms with Gasteiger partial charge in [-0.1, -0.05) is 23.2 Å². The zero-order valence-corrected chi connectivity index (χ0v) is 8.17. The van der Waals surface area contributed by atoms with Crippen molar-refractivity contribution in [2.45, 2.75) is 0 Å². The van der Waals surface area contributed by atoms with Crippen molar-refractivity contribution in [1.29, 1.82) is 0 Å². The Morgan fingerprint density at radius 3 is 2.67 bits per heavy atom. The summed E-state index contributed by atoms with van der Waals surface area (Å²) in [4.78, 5) is 1.00. The van der Waals surface area contributed by atoms with Crippen molar-refractivity contribution in [1.82, 2.24) is 10.2 Å². The highest BCUT2D eigenvalue weighted by Crippen LogP contribution is 2.33. The number of aromatic amines is 1. The fourth-order valence-electron chi connectivity index (χ4n) is 0.893. The molecule has 0 aliphatic carbocycles. The topological polar surface area (TPSA) is 28.7 Å². The van der Waals surface area contributed by atoms with E-state index in [-0.39, 0.29) is 0 Å². The van der Waals surface area contributed by atoms with E-state index < -0.39 is 0 Å². The molecule has 0 spiro atoms. The first-order valence-corrected chi connectivity index (χ1v) is 4.79. The summed E-state index contributed by atoms with van der Waals surface area (Å²) < 4.78 is 0.746. The van der Waals surface area contributed by atoms with Crippen molar-refractivity contribution in [2.75, 3.05) is 0 Å². The molecule has 0 radical (unpaired) electrons. The zero-order chi connectivity index (χ0) is 8.55. The molecule has 62 valence electrons. The van der Waals surface area contributed by atoms with Crippen molar-refractivity contribution in [3.63, 3.8) is 0 Å². The predicted octanol–water partition coefficient (Wildman–Crippen LogP) is 3.44. The molecular weight excluding hydrogens is 215 g/mol. The molecule has 0 aliphatic heterocycles. The number of aromatic nitrogens is 2. The summed E-state index contributed by atoms with van der Waals surface area (Å²) in [5.74, 6) is 0. The van der Waals surface area contributed by atoms with E-state index in [0.29, 0.717) is 5.02 Å². The van der Waals surface area contributed by atoms with Crippen molar-refractivity contribution in [3.8, 4) is 10.6 Å². The summed E-state index contributed by atoms with van der Waals surface area (Å²) in [6, 6.07) is 3.74. The minimum Gasteiger partial charge on any atom is -0.275 e. The van der Waals surface area contributed by atoms with Crippen molar-refractivity contribution < 1.29 is 0 Å². The van der Waals surface area contributed by atoms with Crippen LogP contribution in [0.1, 0.15) is 0 Å². The average Bonchev–Trinajstić information content (AvgIpc) is 2.58. The molecule has 12 heavy (non-hydrogen) atoms. The average molecular weight is 219 g/mol. The van der Waals surface area contributed by atoms with Gasteiger partial charge in [0.15, 0.2) is 0 Å². The predicted molar refractivity (Wildman–Crippen MR) is 51.9 cm³/mol. The Bertz CT molecular complexity index is 394. The molecule has 2 aromatic heterocycles. The maximum absolute atomic E-state index is 5.85.